The summed E-state index contributed by atoms with van der Waals surface area (Å²) in [5.41, 5.74) is 1.13. The molecule has 1 aliphatic rings. The summed E-state index contributed by atoms with van der Waals surface area (Å²) < 4.78 is 0. The molecule has 0 aromatic heterocycles. The predicted molar refractivity (Wildman–Crippen MR) is 99.7 cm³/mol. The fourth-order valence-corrected chi connectivity index (χ4v) is 3.41. The van der Waals surface area contributed by atoms with E-state index in [-0.39, 0.29) is 18.0 Å². The summed E-state index contributed by atoms with van der Waals surface area (Å²) in [5, 5.41) is 0. The van der Waals surface area contributed by atoms with Gasteiger partial charge in [0.25, 0.3) is 5.91 Å². The maximum atomic E-state index is 13.3. The molecule has 3 rings (SSSR count). The molecule has 0 bridgehead atoms. The summed E-state index contributed by atoms with van der Waals surface area (Å²) in [6.07, 6.45) is 4.04. The van der Waals surface area contributed by atoms with Crippen LogP contribution in [-0.4, -0.2) is 29.4 Å². The number of hydrogen-bond acceptors (Lipinski definition) is 2. The molecule has 1 fully saturated rings. The lowest BCUT2D eigenvalue weighted by molar-refractivity contribution is 0.0973. The molecule has 4 heteroatoms. The number of hydrogen-bond donors (Lipinski definition) is 0. The van der Waals surface area contributed by atoms with E-state index in [2.05, 4.69) is 6.92 Å². The van der Waals surface area contributed by atoms with Crippen molar-refractivity contribution in [2.75, 3.05) is 11.4 Å². The van der Waals surface area contributed by atoms with Gasteiger partial charge in [-0.05, 0) is 49.9 Å². The Morgan fingerprint density at radius 2 is 1.64 bits per heavy atom. The lowest BCUT2D eigenvalue weighted by Gasteiger charge is -2.38. The second-order valence-corrected chi connectivity index (χ2v) is 6.38. The number of nitrogens with zero attached hydrogens (tertiary/aromatic N) is 2. The molecular formula is C21H24N2O2. The van der Waals surface area contributed by atoms with Crippen LogP contribution in [0.25, 0.3) is 0 Å². The van der Waals surface area contributed by atoms with Crippen LogP contribution in [0.5, 0.6) is 0 Å². The highest BCUT2D eigenvalue weighted by Crippen LogP contribution is 2.25. The monoisotopic (exact) mass is 336 g/mol. The molecule has 0 radical (unpaired) electrons. The van der Waals surface area contributed by atoms with Gasteiger partial charge in [-0.15, -0.1) is 0 Å². The quantitative estimate of drug-likeness (QED) is 0.814. The minimum atomic E-state index is -0.280. The number of carbonyl (C=O) groups excluding carboxylic acids is 2. The first-order chi connectivity index (χ1) is 12.2. The van der Waals surface area contributed by atoms with E-state index in [0.717, 1.165) is 25.7 Å². The first-order valence-corrected chi connectivity index (χ1v) is 8.97. The van der Waals surface area contributed by atoms with Gasteiger partial charge in [-0.25, -0.2) is 9.69 Å². The van der Waals surface area contributed by atoms with Gasteiger partial charge >= 0.3 is 6.03 Å². The Morgan fingerprint density at radius 3 is 2.28 bits per heavy atom. The van der Waals surface area contributed by atoms with Crippen molar-refractivity contribution in [3.05, 3.63) is 66.2 Å². The van der Waals surface area contributed by atoms with E-state index in [1.165, 1.54) is 4.90 Å². The zero-order valence-electron chi connectivity index (χ0n) is 14.6. The highest BCUT2D eigenvalue weighted by molar-refractivity contribution is 6.20. The number of para-hydroxylation sites is 1. The summed E-state index contributed by atoms with van der Waals surface area (Å²) in [4.78, 5) is 29.6. The Balaban J connectivity index is 1.96. The summed E-state index contributed by atoms with van der Waals surface area (Å²) in [6, 6.07) is 18.2. The fourth-order valence-electron chi connectivity index (χ4n) is 3.41. The number of urea groups is 1. The highest BCUT2D eigenvalue weighted by atomic mass is 16.2. The molecule has 0 spiro atoms. The van der Waals surface area contributed by atoms with Crippen LogP contribution in [0.15, 0.2) is 60.7 Å². The number of amides is 3. The zero-order valence-corrected chi connectivity index (χ0v) is 14.6. The van der Waals surface area contributed by atoms with Crippen LogP contribution in [0.2, 0.25) is 0 Å². The number of likely N-dealkylation sites (tertiary alicyclic amines) is 1. The topological polar surface area (TPSA) is 40.6 Å². The van der Waals surface area contributed by atoms with Crippen LogP contribution in [0, 0.1) is 0 Å². The average molecular weight is 336 g/mol. The van der Waals surface area contributed by atoms with Gasteiger partial charge in [0, 0.05) is 18.2 Å². The molecule has 1 aliphatic heterocycles. The van der Waals surface area contributed by atoms with Crippen LogP contribution < -0.4 is 4.90 Å². The highest BCUT2D eigenvalue weighted by Gasteiger charge is 2.33. The standard InChI is InChI=1S/C21H24N2O2/c1-2-18-13-9-10-16-22(18)21(25)23(19-14-7-4-8-15-19)20(24)17-11-5-3-6-12-17/h3-8,11-12,14-15,18H,2,9-10,13,16H2,1H3. The molecule has 4 nitrogen and oxygen atoms in total. The van der Waals surface area contributed by atoms with Gasteiger partial charge in [0.05, 0.1) is 5.69 Å². The van der Waals surface area contributed by atoms with Gasteiger partial charge in [-0.2, -0.15) is 0 Å². The molecule has 1 saturated heterocycles. The van der Waals surface area contributed by atoms with Crippen molar-refractivity contribution in [2.24, 2.45) is 0 Å². The third kappa shape index (κ3) is 3.73. The molecule has 2 aromatic carbocycles. The maximum Gasteiger partial charge on any atom is 0.331 e. The van der Waals surface area contributed by atoms with Gasteiger partial charge in [0.15, 0.2) is 0 Å². The largest absolute Gasteiger partial charge is 0.331 e. The van der Waals surface area contributed by atoms with Gasteiger partial charge in [-0.3, -0.25) is 4.79 Å². The first kappa shape index (κ1) is 17.2. The van der Waals surface area contributed by atoms with E-state index in [1.807, 2.05) is 53.4 Å². The number of piperidine rings is 1. The number of imide groups is 1. The van der Waals surface area contributed by atoms with E-state index in [1.54, 1.807) is 12.1 Å². The van der Waals surface area contributed by atoms with E-state index < -0.39 is 0 Å². The number of rotatable bonds is 3. The molecule has 2 aromatic rings. The van der Waals surface area contributed by atoms with Crippen molar-refractivity contribution in [2.45, 2.75) is 38.6 Å². The van der Waals surface area contributed by atoms with Crippen molar-refractivity contribution in [1.29, 1.82) is 0 Å². The van der Waals surface area contributed by atoms with Crippen molar-refractivity contribution in [1.82, 2.24) is 4.90 Å². The number of carbonyl (C=O) groups is 2. The van der Waals surface area contributed by atoms with Crippen LogP contribution >= 0.6 is 0 Å². The number of anilines is 1. The van der Waals surface area contributed by atoms with E-state index in [4.69, 9.17) is 0 Å². The molecule has 1 atom stereocenters. The Hall–Kier alpha value is -2.62. The molecule has 3 amide bonds. The van der Waals surface area contributed by atoms with E-state index in [9.17, 15) is 9.59 Å². The van der Waals surface area contributed by atoms with Gasteiger partial charge in [0.1, 0.15) is 0 Å². The zero-order chi connectivity index (χ0) is 17.6. The first-order valence-electron chi connectivity index (χ1n) is 8.97. The fraction of sp³-hybridized carbons (Fsp3) is 0.333. The molecule has 0 N–H and O–H groups in total. The summed E-state index contributed by atoms with van der Waals surface area (Å²) >= 11 is 0. The van der Waals surface area contributed by atoms with Crippen LogP contribution in [-0.2, 0) is 0 Å². The van der Waals surface area contributed by atoms with Crippen molar-refractivity contribution < 1.29 is 9.59 Å². The maximum absolute atomic E-state index is 13.3. The molecule has 1 heterocycles. The third-order valence-corrected chi connectivity index (χ3v) is 4.77. The van der Waals surface area contributed by atoms with Gasteiger partial charge in [-0.1, -0.05) is 43.3 Å². The average Bonchev–Trinajstić information content (AvgIpc) is 2.69. The Kier molecular flexibility index (Phi) is 5.49. The summed E-state index contributed by atoms with van der Waals surface area (Å²) in [6.45, 7) is 2.81. The smallest absolute Gasteiger partial charge is 0.321 e. The number of benzene rings is 2. The second-order valence-electron chi connectivity index (χ2n) is 6.38. The predicted octanol–water partition coefficient (Wildman–Crippen LogP) is 4.72. The van der Waals surface area contributed by atoms with E-state index >= 15 is 0 Å². The second kappa shape index (κ2) is 7.97. The van der Waals surface area contributed by atoms with Crippen molar-refractivity contribution >= 4 is 17.6 Å². The third-order valence-electron chi connectivity index (χ3n) is 4.77. The summed E-state index contributed by atoms with van der Waals surface area (Å²) in [7, 11) is 0. The van der Waals surface area contributed by atoms with Gasteiger partial charge in [0.2, 0.25) is 0 Å². The summed E-state index contributed by atoms with van der Waals surface area (Å²) in [5.74, 6) is -0.280. The Labute approximate surface area is 149 Å². The van der Waals surface area contributed by atoms with Crippen LogP contribution in [0.1, 0.15) is 43.0 Å². The molecule has 0 saturated carbocycles. The van der Waals surface area contributed by atoms with Crippen molar-refractivity contribution in [3.8, 4) is 0 Å². The molecule has 25 heavy (non-hydrogen) atoms. The SMILES string of the molecule is CCC1CCCCN1C(=O)N(C(=O)c1ccccc1)c1ccccc1. The Bertz CT molecular complexity index is 715. The lowest BCUT2D eigenvalue weighted by atomic mass is 10.0. The van der Waals surface area contributed by atoms with Gasteiger partial charge < -0.3 is 4.90 Å². The molecular weight excluding hydrogens is 312 g/mol. The van der Waals surface area contributed by atoms with Crippen molar-refractivity contribution in [3.63, 3.8) is 0 Å². The molecule has 0 aliphatic carbocycles. The molecule has 130 valence electrons. The molecule has 1 unspecified atom stereocenters. The van der Waals surface area contributed by atoms with Crippen LogP contribution in [0.3, 0.4) is 0 Å². The van der Waals surface area contributed by atoms with E-state index in [0.29, 0.717) is 17.8 Å². The minimum absolute atomic E-state index is 0.205. The lowest BCUT2D eigenvalue weighted by Crippen LogP contribution is -2.52. The Morgan fingerprint density at radius 1 is 1.00 bits per heavy atom. The normalized spacial score (nSPS) is 17.2. The van der Waals surface area contributed by atoms with Crippen LogP contribution in [0.4, 0.5) is 10.5 Å². The minimum Gasteiger partial charge on any atom is -0.321 e.